The molecule has 2 fully saturated rings. The van der Waals surface area contributed by atoms with Crippen LogP contribution in [0.4, 0.5) is 0 Å². The van der Waals surface area contributed by atoms with Gasteiger partial charge in [-0.05, 0) is 18.8 Å². The Labute approximate surface area is 73.9 Å². The smallest absolute Gasteiger partial charge is 0.0697 e. The van der Waals surface area contributed by atoms with Crippen molar-refractivity contribution < 1.29 is 9.84 Å². The minimum absolute atomic E-state index is 0.328. The molecule has 2 rings (SSSR count). The van der Waals surface area contributed by atoms with Crippen molar-refractivity contribution in [2.45, 2.75) is 50.2 Å². The zero-order valence-corrected chi connectivity index (χ0v) is 7.75. The second-order valence-electron chi connectivity index (χ2n) is 4.47. The monoisotopic (exact) mass is 170 g/mol. The summed E-state index contributed by atoms with van der Waals surface area (Å²) in [6, 6.07) is 0. The lowest BCUT2D eigenvalue weighted by Gasteiger charge is -2.42. The van der Waals surface area contributed by atoms with Gasteiger partial charge in [0, 0.05) is 20.0 Å². The van der Waals surface area contributed by atoms with Crippen LogP contribution in [0.5, 0.6) is 0 Å². The van der Waals surface area contributed by atoms with Crippen LogP contribution in [0.25, 0.3) is 0 Å². The van der Waals surface area contributed by atoms with E-state index in [9.17, 15) is 5.11 Å². The van der Waals surface area contributed by atoms with Crippen LogP contribution in [-0.4, -0.2) is 23.9 Å². The lowest BCUT2D eigenvalue weighted by Crippen LogP contribution is -2.47. The number of hydrogen-bond donors (Lipinski definition) is 1. The first-order valence-electron chi connectivity index (χ1n) is 4.97. The van der Waals surface area contributed by atoms with Gasteiger partial charge in [0.05, 0.1) is 11.7 Å². The lowest BCUT2D eigenvalue weighted by atomic mass is 9.74. The molecule has 2 heteroatoms. The summed E-state index contributed by atoms with van der Waals surface area (Å²) in [5.74, 6) is 0.940. The molecule has 2 aliphatic rings. The average molecular weight is 170 g/mol. The van der Waals surface area contributed by atoms with Gasteiger partial charge in [-0.25, -0.2) is 0 Å². The number of methoxy groups -OCH3 is 1. The molecule has 2 saturated carbocycles. The lowest BCUT2D eigenvalue weighted by molar-refractivity contribution is -0.132. The Kier molecular flexibility index (Phi) is 2.13. The maximum Gasteiger partial charge on any atom is 0.0697 e. The fourth-order valence-corrected chi connectivity index (χ4v) is 2.04. The van der Waals surface area contributed by atoms with Crippen LogP contribution in [0.1, 0.15) is 38.5 Å². The fraction of sp³-hybridized carbons (Fsp3) is 1.00. The highest BCUT2D eigenvalue weighted by molar-refractivity contribution is 4.95. The average Bonchev–Trinajstić information content (AvgIpc) is 2.78. The molecule has 2 nitrogen and oxygen atoms in total. The van der Waals surface area contributed by atoms with E-state index >= 15 is 0 Å². The molecule has 0 unspecified atom stereocenters. The highest BCUT2D eigenvalue weighted by Crippen LogP contribution is 2.42. The molecule has 0 heterocycles. The molecule has 2 aliphatic carbocycles. The summed E-state index contributed by atoms with van der Waals surface area (Å²) < 4.78 is 5.14. The summed E-state index contributed by atoms with van der Waals surface area (Å²) >= 11 is 0. The molecule has 0 aliphatic heterocycles. The standard InChI is InChI=1S/C10H18O2/c1-12-9-6-10(11,7-9)5-4-8-2-3-8/h8-9,11H,2-7H2,1H3. The van der Waals surface area contributed by atoms with Crippen molar-refractivity contribution in [2.75, 3.05) is 7.11 Å². The molecule has 0 aromatic carbocycles. The van der Waals surface area contributed by atoms with E-state index in [0.29, 0.717) is 6.10 Å². The molecular formula is C10H18O2. The maximum absolute atomic E-state index is 9.91. The van der Waals surface area contributed by atoms with E-state index in [4.69, 9.17) is 4.74 Å². The Balaban J connectivity index is 1.66. The van der Waals surface area contributed by atoms with Gasteiger partial charge < -0.3 is 9.84 Å². The first-order chi connectivity index (χ1) is 5.72. The van der Waals surface area contributed by atoms with Crippen LogP contribution >= 0.6 is 0 Å². The van der Waals surface area contributed by atoms with Crippen LogP contribution in [-0.2, 0) is 4.74 Å². The van der Waals surface area contributed by atoms with Crippen LogP contribution in [0.15, 0.2) is 0 Å². The molecule has 1 N–H and O–H groups in total. The SMILES string of the molecule is COC1CC(O)(CCC2CC2)C1. The van der Waals surface area contributed by atoms with Crippen molar-refractivity contribution in [3.63, 3.8) is 0 Å². The molecule has 70 valence electrons. The first kappa shape index (κ1) is 8.52. The Morgan fingerprint density at radius 1 is 1.42 bits per heavy atom. The molecule has 0 atom stereocenters. The van der Waals surface area contributed by atoms with Crippen molar-refractivity contribution in [1.29, 1.82) is 0 Å². The van der Waals surface area contributed by atoms with Gasteiger partial charge in [-0.2, -0.15) is 0 Å². The third kappa shape index (κ3) is 1.80. The summed E-state index contributed by atoms with van der Waals surface area (Å²) in [6.07, 6.45) is 7.05. The Morgan fingerprint density at radius 3 is 2.58 bits per heavy atom. The van der Waals surface area contributed by atoms with E-state index in [1.807, 2.05) is 0 Å². The molecule has 12 heavy (non-hydrogen) atoms. The van der Waals surface area contributed by atoms with Gasteiger partial charge in [0.15, 0.2) is 0 Å². The van der Waals surface area contributed by atoms with Crippen molar-refractivity contribution in [3.8, 4) is 0 Å². The van der Waals surface area contributed by atoms with Gasteiger partial charge in [0.25, 0.3) is 0 Å². The molecule has 0 bridgehead atoms. The summed E-state index contributed by atoms with van der Waals surface area (Å²) in [6.45, 7) is 0. The van der Waals surface area contributed by atoms with Gasteiger partial charge in [-0.15, -0.1) is 0 Å². The first-order valence-corrected chi connectivity index (χ1v) is 4.97. The van der Waals surface area contributed by atoms with Crippen molar-refractivity contribution in [3.05, 3.63) is 0 Å². The zero-order valence-electron chi connectivity index (χ0n) is 7.75. The Hall–Kier alpha value is -0.0800. The van der Waals surface area contributed by atoms with Crippen molar-refractivity contribution >= 4 is 0 Å². The summed E-state index contributed by atoms with van der Waals surface area (Å²) in [4.78, 5) is 0. The Morgan fingerprint density at radius 2 is 2.08 bits per heavy atom. The van der Waals surface area contributed by atoms with Crippen LogP contribution in [0.2, 0.25) is 0 Å². The zero-order chi connectivity index (χ0) is 8.60. The molecule has 0 spiro atoms. The number of hydrogen-bond acceptors (Lipinski definition) is 2. The highest BCUT2D eigenvalue weighted by atomic mass is 16.5. The van der Waals surface area contributed by atoms with Crippen LogP contribution < -0.4 is 0 Å². The minimum Gasteiger partial charge on any atom is -0.390 e. The maximum atomic E-state index is 9.91. The third-order valence-electron chi connectivity index (χ3n) is 3.26. The second kappa shape index (κ2) is 3.00. The normalized spacial score (nSPS) is 41.0. The van der Waals surface area contributed by atoms with Crippen molar-refractivity contribution in [1.82, 2.24) is 0 Å². The van der Waals surface area contributed by atoms with E-state index < -0.39 is 0 Å². The third-order valence-corrected chi connectivity index (χ3v) is 3.26. The van der Waals surface area contributed by atoms with E-state index in [1.54, 1.807) is 7.11 Å². The number of aliphatic hydroxyl groups is 1. The molecule has 0 radical (unpaired) electrons. The topological polar surface area (TPSA) is 29.5 Å². The summed E-state index contributed by atoms with van der Waals surface area (Å²) in [5.41, 5.74) is -0.358. The van der Waals surface area contributed by atoms with Gasteiger partial charge in [-0.3, -0.25) is 0 Å². The quantitative estimate of drug-likeness (QED) is 0.696. The van der Waals surface area contributed by atoms with E-state index in [-0.39, 0.29) is 5.60 Å². The fourth-order valence-electron chi connectivity index (χ4n) is 2.04. The molecule has 0 saturated heterocycles. The van der Waals surface area contributed by atoms with Crippen molar-refractivity contribution in [2.24, 2.45) is 5.92 Å². The second-order valence-corrected chi connectivity index (χ2v) is 4.47. The van der Waals surface area contributed by atoms with Crippen LogP contribution in [0, 0.1) is 5.92 Å². The highest BCUT2D eigenvalue weighted by Gasteiger charge is 2.43. The van der Waals surface area contributed by atoms with E-state index in [2.05, 4.69) is 0 Å². The van der Waals surface area contributed by atoms with Gasteiger partial charge in [0.2, 0.25) is 0 Å². The summed E-state index contributed by atoms with van der Waals surface area (Å²) in [7, 11) is 1.73. The van der Waals surface area contributed by atoms with Gasteiger partial charge >= 0.3 is 0 Å². The van der Waals surface area contributed by atoms with Gasteiger partial charge in [0.1, 0.15) is 0 Å². The summed E-state index contributed by atoms with van der Waals surface area (Å²) in [5, 5.41) is 9.91. The number of ether oxygens (including phenoxy) is 1. The molecule has 0 aromatic rings. The molecular weight excluding hydrogens is 152 g/mol. The minimum atomic E-state index is -0.358. The molecule has 0 amide bonds. The largest absolute Gasteiger partial charge is 0.390 e. The Bertz CT molecular complexity index is 157. The van der Waals surface area contributed by atoms with Gasteiger partial charge in [-0.1, -0.05) is 12.8 Å². The van der Waals surface area contributed by atoms with E-state index in [1.165, 1.54) is 19.3 Å². The molecule has 0 aromatic heterocycles. The predicted molar refractivity (Wildman–Crippen MR) is 46.9 cm³/mol. The van der Waals surface area contributed by atoms with E-state index in [0.717, 1.165) is 25.2 Å². The number of rotatable bonds is 4. The van der Waals surface area contributed by atoms with Crippen LogP contribution in [0.3, 0.4) is 0 Å². The predicted octanol–water partition coefficient (Wildman–Crippen LogP) is 1.72.